The monoisotopic (exact) mass is 351 g/mol. The number of carbonyl (C=O) groups is 1. The summed E-state index contributed by atoms with van der Waals surface area (Å²) in [7, 11) is 0. The lowest BCUT2D eigenvalue weighted by molar-refractivity contribution is 0.0585. The molecule has 5 nitrogen and oxygen atoms in total. The number of aromatic hydroxyl groups is 1. The van der Waals surface area contributed by atoms with Gasteiger partial charge in [0.1, 0.15) is 5.75 Å². The van der Waals surface area contributed by atoms with Crippen LogP contribution in [0.5, 0.6) is 5.75 Å². The highest BCUT2D eigenvalue weighted by Crippen LogP contribution is 2.30. The molecule has 136 valence electrons. The summed E-state index contributed by atoms with van der Waals surface area (Å²) >= 11 is 0. The van der Waals surface area contributed by atoms with Gasteiger partial charge in [-0.25, -0.2) is 0 Å². The molecule has 2 aromatic rings. The molecule has 2 bridgehead atoms. The maximum absolute atomic E-state index is 13.1. The summed E-state index contributed by atoms with van der Waals surface area (Å²) in [5.41, 5.74) is 2.64. The third-order valence-corrected chi connectivity index (χ3v) is 5.62. The highest BCUT2D eigenvalue weighted by molar-refractivity contribution is 5.95. The molecule has 3 aliphatic rings. The van der Waals surface area contributed by atoms with Gasteiger partial charge < -0.3 is 10.0 Å². The second kappa shape index (κ2) is 7.08. The normalized spacial score (nSPS) is 23.0. The van der Waals surface area contributed by atoms with Gasteiger partial charge in [0.15, 0.2) is 0 Å². The molecule has 26 heavy (non-hydrogen) atoms. The topological polar surface area (TPSA) is 56.7 Å². The smallest absolute Gasteiger partial charge is 0.254 e. The van der Waals surface area contributed by atoms with Gasteiger partial charge in [-0.3, -0.25) is 14.7 Å². The number of phenols is 1. The summed E-state index contributed by atoms with van der Waals surface area (Å²) < 4.78 is 0. The van der Waals surface area contributed by atoms with Crippen molar-refractivity contribution in [1.82, 2.24) is 14.8 Å². The molecule has 4 heterocycles. The number of aryl methyl sites for hydroxylation is 1. The molecule has 3 saturated heterocycles. The summed E-state index contributed by atoms with van der Waals surface area (Å²) in [4.78, 5) is 21.8. The largest absolute Gasteiger partial charge is 0.508 e. The van der Waals surface area contributed by atoms with Crippen LogP contribution < -0.4 is 0 Å². The molecular formula is C21H25N3O2. The molecule has 2 atom stereocenters. The lowest BCUT2D eigenvalue weighted by Crippen LogP contribution is -2.47. The Kier molecular flexibility index (Phi) is 4.64. The molecule has 1 aromatic carbocycles. The summed E-state index contributed by atoms with van der Waals surface area (Å²) in [6.45, 7) is 5.49. The zero-order chi connectivity index (χ0) is 18.1. The van der Waals surface area contributed by atoms with Crippen molar-refractivity contribution in [2.24, 2.45) is 5.92 Å². The van der Waals surface area contributed by atoms with Gasteiger partial charge in [-0.2, -0.15) is 0 Å². The SMILES string of the molecule is Cc1cc(C(=O)N2CC3CCC2CN(Cc2cccnc2)C3)ccc1O. The Morgan fingerprint density at radius 3 is 2.88 bits per heavy atom. The maximum atomic E-state index is 13.1. The zero-order valence-corrected chi connectivity index (χ0v) is 15.1. The Morgan fingerprint density at radius 2 is 2.12 bits per heavy atom. The van der Waals surface area contributed by atoms with E-state index in [1.807, 2.05) is 19.2 Å². The number of amides is 1. The van der Waals surface area contributed by atoms with Crippen LogP contribution in [0.1, 0.15) is 34.3 Å². The lowest BCUT2D eigenvalue weighted by atomic mass is 9.94. The molecule has 5 heteroatoms. The van der Waals surface area contributed by atoms with Crippen molar-refractivity contribution in [3.63, 3.8) is 0 Å². The third kappa shape index (κ3) is 3.44. The summed E-state index contributed by atoms with van der Waals surface area (Å²) in [5, 5.41) is 9.72. The summed E-state index contributed by atoms with van der Waals surface area (Å²) in [5.74, 6) is 0.847. The van der Waals surface area contributed by atoms with E-state index >= 15 is 0 Å². The number of nitrogens with zero attached hydrogens (tertiary/aromatic N) is 3. The van der Waals surface area contributed by atoms with Crippen LogP contribution in [0.4, 0.5) is 0 Å². The predicted molar refractivity (Wildman–Crippen MR) is 99.9 cm³/mol. The van der Waals surface area contributed by atoms with E-state index in [9.17, 15) is 9.90 Å². The molecule has 3 fully saturated rings. The van der Waals surface area contributed by atoms with Gasteiger partial charge in [-0.1, -0.05) is 6.07 Å². The molecule has 1 N–H and O–H groups in total. The average Bonchev–Trinajstić information content (AvgIpc) is 2.95. The van der Waals surface area contributed by atoms with E-state index in [-0.39, 0.29) is 17.7 Å². The molecule has 2 unspecified atom stereocenters. The molecule has 0 aliphatic carbocycles. The van der Waals surface area contributed by atoms with Crippen LogP contribution in [0, 0.1) is 12.8 Å². The van der Waals surface area contributed by atoms with E-state index in [0.29, 0.717) is 11.5 Å². The van der Waals surface area contributed by atoms with Crippen LogP contribution in [0.15, 0.2) is 42.7 Å². The minimum atomic E-state index is 0.0889. The number of rotatable bonds is 3. The number of fused-ring (bicyclic) bond motifs is 4. The minimum Gasteiger partial charge on any atom is -0.508 e. The van der Waals surface area contributed by atoms with E-state index in [4.69, 9.17) is 0 Å². The molecule has 5 rings (SSSR count). The first-order valence-corrected chi connectivity index (χ1v) is 9.32. The zero-order valence-electron chi connectivity index (χ0n) is 15.1. The predicted octanol–water partition coefficient (Wildman–Crippen LogP) is 2.83. The van der Waals surface area contributed by atoms with Gasteiger partial charge in [0.25, 0.3) is 5.91 Å². The fourth-order valence-corrected chi connectivity index (χ4v) is 4.26. The van der Waals surface area contributed by atoms with Crippen molar-refractivity contribution >= 4 is 5.91 Å². The lowest BCUT2D eigenvalue weighted by Gasteiger charge is -2.36. The summed E-state index contributed by atoms with van der Waals surface area (Å²) in [6, 6.07) is 9.49. The van der Waals surface area contributed by atoms with Crippen LogP contribution in [-0.2, 0) is 6.54 Å². The van der Waals surface area contributed by atoms with Crippen molar-refractivity contribution in [2.75, 3.05) is 19.6 Å². The second-order valence-corrected chi connectivity index (χ2v) is 7.61. The first kappa shape index (κ1) is 17.0. The van der Waals surface area contributed by atoms with E-state index < -0.39 is 0 Å². The van der Waals surface area contributed by atoms with Gasteiger partial charge >= 0.3 is 0 Å². The average molecular weight is 351 g/mol. The first-order chi connectivity index (χ1) is 12.6. The van der Waals surface area contributed by atoms with Crippen LogP contribution >= 0.6 is 0 Å². The molecular weight excluding hydrogens is 326 g/mol. The Labute approximate surface area is 154 Å². The minimum absolute atomic E-state index is 0.0889. The number of hydrogen-bond acceptors (Lipinski definition) is 4. The quantitative estimate of drug-likeness (QED) is 0.924. The van der Waals surface area contributed by atoms with Crippen LogP contribution in [-0.4, -0.2) is 51.5 Å². The Balaban J connectivity index is 1.51. The standard InChI is InChI=1S/C21H25N3O2/c1-15-9-18(5-7-20(15)25)21(26)24-13-17-4-6-19(24)14-23(12-17)11-16-3-2-8-22-10-16/h2-3,5,7-10,17,19,25H,4,6,11-14H2,1H3. The van der Waals surface area contributed by atoms with Crippen molar-refractivity contribution in [1.29, 1.82) is 0 Å². The Morgan fingerprint density at radius 1 is 1.23 bits per heavy atom. The number of benzene rings is 1. The van der Waals surface area contributed by atoms with Gasteiger partial charge in [-0.15, -0.1) is 0 Å². The van der Waals surface area contributed by atoms with Gasteiger partial charge in [0.05, 0.1) is 0 Å². The molecule has 1 aromatic heterocycles. The van der Waals surface area contributed by atoms with Crippen molar-refractivity contribution in [3.05, 3.63) is 59.4 Å². The van der Waals surface area contributed by atoms with Crippen molar-refractivity contribution in [2.45, 2.75) is 32.4 Å². The fourth-order valence-electron chi connectivity index (χ4n) is 4.26. The van der Waals surface area contributed by atoms with Gasteiger partial charge in [-0.05, 0) is 61.1 Å². The molecule has 0 radical (unpaired) electrons. The third-order valence-electron chi connectivity index (χ3n) is 5.62. The second-order valence-electron chi connectivity index (χ2n) is 7.61. The fraction of sp³-hybridized carbons (Fsp3) is 0.429. The number of pyridine rings is 1. The van der Waals surface area contributed by atoms with Gasteiger partial charge in [0, 0.05) is 50.2 Å². The number of aromatic nitrogens is 1. The molecule has 0 saturated carbocycles. The van der Waals surface area contributed by atoms with Crippen LogP contribution in [0.3, 0.4) is 0 Å². The van der Waals surface area contributed by atoms with E-state index in [0.717, 1.165) is 38.2 Å². The first-order valence-electron chi connectivity index (χ1n) is 9.32. The van der Waals surface area contributed by atoms with Crippen LogP contribution in [0.2, 0.25) is 0 Å². The number of hydrogen-bond donors (Lipinski definition) is 1. The maximum Gasteiger partial charge on any atom is 0.254 e. The highest BCUT2D eigenvalue weighted by Gasteiger charge is 2.37. The van der Waals surface area contributed by atoms with E-state index in [2.05, 4.69) is 20.9 Å². The highest BCUT2D eigenvalue weighted by atomic mass is 16.3. The Bertz CT molecular complexity index is 793. The van der Waals surface area contributed by atoms with Crippen molar-refractivity contribution < 1.29 is 9.90 Å². The molecule has 0 spiro atoms. The number of piperidine rings is 1. The van der Waals surface area contributed by atoms with E-state index in [1.165, 1.54) is 12.0 Å². The summed E-state index contributed by atoms with van der Waals surface area (Å²) in [6.07, 6.45) is 5.98. The molecule has 1 amide bonds. The van der Waals surface area contributed by atoms with Crippen LogP contribution in [0.25, 0.3) is 0 Å². The number of carbonyl (C=O) groups excluding carboxylic acids is 1. The Hall–Kier alpha value is -2.40. The van der Waals surface area contributed by atoms with Crippen molar-refractivity contribution in [3.8, 4) is 5.75 Å². The molecule has 3 aliphatic heterocycles. The van der Waals surface area contributed by atoms with E-state index in [1.54, 1.807) is 24.4 Å². The van der Waals surface area contributed by atoms with Gasteiger partial charge in [0.2, 0.25) is 0 Å². The number of phenolic OH excluding ortho intramolecular Hbond substituents is 1.